The Balaban J connectivity index is 1.43. The van der Waals surface area contributed by atoms with E-state index in [9.17, 15) is 5.11 Å². The zero-order valence-corrected chi connectivity index (χ0v) is 16.1. The average molecular weight is 414 g/mol. The highest BCUT2D eigenvalue weighted by molar-refractivity contribution is 5.69. The second kappa shape index (κ2) is 7.24. The number of nitrogens with one attached hydrogen (secondary N) is 1. The van der Waals surface area contributed by atoms with Gasteiger partial charge in [0.1, 0.15) is 11.9 Å². The number of rotatable bonds is 4. The van der Waals surface area contributed by atoms with Crippen LogP contribution in [-0.4, -0.2) is 71.8 Å². The fourth-order valence-corrected chi connectivity index (χ4v) is 4.16. The van der Waals surface area contributed by atoms with Gasteiger partial charge in [-0.2, -0.15) is 4.80 Å². The summed E-state index contributed by atoms with van der Waals surface area (Å²) in [6, 6.07) is 3.58. The molecule has 2 N–H and O–H groups in total. The van der Waals surface area contributed by atoms with Gasteiger partial charge in [0.05, 0.1) is 24.8 Å². The number of alkyl halides is 1. The first-order valence-corrected chi connectivity index (χ1v) is 9.67. The van der Waals surface area contributed by atoms with Crippen molar-refractivity contribution in [3.8, 4) is 28.5 Å². The lowest BCUT2D eigenvalue weighted by atomic mass is 9.96. The van der Waals surface area contributed by atoms with Gasteiger partial charge in [-0.3, -0.25) is 0 Å². The van der Waals surface area contributed by atoms with Gasteiger partial charge in [-0.15, -0.1) is 20.4 Å². The Bertz CT molecular complexity index is 1160. The number of phenols is 1. The average Bonchev–Trinajstić information content (AvgIpc) is 3.38. The summed E-state index contributed by atoms with van der Waals surface area (Å²) in [5.74, 6) is 0.287. The molecule has 2 aromatic heterocycles. The van der Waals surface area contributed by atoms with Crippen LogP contribution in [0.5, 0.6) is 5.75 Å². The zero-order valence-electron chi connectivity index (χ0n) is 19.1. The van der Waals surface area contributed by atoms with Crippen LogP contribution in [0.3, 0.4) is 0 Å². The van der Waals surface area contributed by atoms with E-state index in [2.05, 4.69) is 35.9 Å². The predicted molar refractivity (Wildman–Crippen MR) is 106 cm³/mol. The summed E-state index contributed by atoms with van der Waals surface area (Å²) in [6.45, 7) is -2.61. The van der Waals surface area contributed by atoms with Crippen molar-refractivity contribution >= 4 is 5.82 Å². The molecule has 30 heavy (non-hydrogen) atoms. The van der Waals surface area contributed by atoms with Crippen molar-refractivity contribution < 1.29 is 13.6 Å². The number of fused-ring (bicyclic) bond motifs is 2. The van der Waals surface area contributed by atoms with Crippen molar-refractivity contribution in [2.75, 3.05) is 11.9 Å². The molecule has 0 radical (unpaired) electrons. The van der Waals surface area contributed by atoms with Gasteiger partial charge in [0.2, 0.25) is 5.82 Å². The van der Waals surface area contributed by atoms with E-state index in [1.165, 1.54) is 17.1 Å². The van der Waals surface area contributed by atoms with Crippen LogP contribution in [-0.2, 0) is 7.05 Å². The first-order chi connectivity index (χ1) is 15.7. The van der Waals surface area contributed by atoms with E-state index in [1.54, 1.807) is 19.2 Å². The minimum absolute atomic E-state index is 0.0347. The number of aromatic nitrogens is 7. The van der Waals surface area contributed by atoms with Crippen molar-refractivity contribution in [2.24, 2.45) is 7.05 Å². The quantitative estimate of drug-likeness (QED) is 0.647. The van der Waals surface area contributed by atoms with Gasteiger partial charge >= 0.3 is 0 Å². The Morgan fingerprint density at radius 2 is 2.17 bits per heavy atom. The summed E-state index contributed by atoms with van der Waals surface area (Å²) in [7, 11) is 1.63. The maximum atomic E-state index is 15.1. The van der Waals surface area contributed by atoms with Crippen LogP contribution in [0.2, 0.25) is 0 Å². The van der Waals surface area contributed by atoms with Crippen LogP contribution in [0.15, 0.2) is 24.4 Å². The monoisotopic (exact) mass is 414 g/mol. The number of phenolic OH excluding ortho intramolecular Hbond substituents is 1. The molecule has 5 rings (SSSR count). The number of nitrogens with zero attached hydrogens (tertiary/aromatic N) is 8. The van der Waals surface area contributed by atoms with E-state index in [0.29, 0.717) is 29.8 Å². The Labute approximate surface area is 176 Å². The number of halogens is 1. The summed E-state index contributed by atoms with van der Waals surface area (Å²) >= 11 is 0. The molecule has 3 aromatic rings. The molecule has 2 fully saturated rings. The molecule has 0 amide bonds. The minimum atomic E-state index is -2.61. The first kappa shape index (κ1) is 15.6. The summed E-state index contributed by atoms with van der Waals surface area (Å²) in [5.41, 5.74) is 0.849. The maximum Gasteiger partial charge on any atom is 0.205 e. The van der Waals surface area contributed by atoms with Gasteiger partial charge in [0, 0.05) is 28.7 Å². The molecule has 1 aromatic carbocycles. The van der Waals surface area contributed by atoms with Gasteiger partial charge in [0.25, 0.3) is 0 Å². The van der Waals surface area contributed by atoms with E-state index in [1.807, 2.05) is 0 Å². The van der Waals surface area contributed by atoms with E-state index in [0.717, 1.165) is 11.3 Å². The SMILES string of the molecule is [2H]C([2H])([2H])N(c1cnc(-c2ccc(-c3nnn(C)n3)cc2O)nn1)[C@@H]1C[C@@H]2CC[C@@H](N2)[C@@H]1F. The molecule has 0 aliphatic carbocycles. The summed E-state index contributed by atoms with van der Waals surface area (Å²) < 4.78 is 39.1. The van der Waals surface area contributed by atoms with Crippen molar-refractivity contribution in [3.63, 3.8) is 0 Å². The molecule has 10 nitrogen and oxygen atoms in total. The fraction of sp³-hybridized carbons (Fsp3) is 0.474. The third-order valence-corrected chi connectivity index (χ3v) is 5.69. The van der Waals surface area contributed by atoms with E-state index < -0.39 is 19.2 Å². The zero-order chi connectivity index (χ0) is 23.3. The molecule has 0 saturated carbocycles. The van der Waals surface area contributed by atoms with Crippen molar-refractivity contribution in [1.82, 2.24) is 40.7 Å². The van der Waals surface area contributed by atoms with Gasteiger partial charge in [-0.1, -0.05) is 6.07 Å². The Hall–Kier alpha value is -3.21. The molecule has 11 heteroatoms. The van der Waals surface area contributed by atoms with Gasteiger partial charge < -0.3 is 15.3 Å². The molecule has 2 saturated heterocycles. The highest BCUT2D eigenvalue weighted by Crippen LogP contribution is 2.34. The lowest BCUT2D eigenvalue weighted by Gasteiger charge is -2.38. The molecule has 0 unspecified atom stereocenters. The number of hydrogen-bond donors (Lipinski definition) is 2. The maximum absolute atomic E-state index is 15.1. The third-order valence-electron chi connectivity index (χ3n) is 5.69. The fourth-order valence-electron chi connectivity index (χ4n) is 4.16. The number of tetrazole rings is 1. The second-order valence-corrected chi connectivity index (χ2v) is 7.64. The number of anilines is 1. The molecular formula is C19H22FN9O. The Morgan fingerprint density at radius 1 is 1.27 bits per heavy atom. The number of piperidine rings is 1. The van der Waals surface area contributed by atoms with Gasteiger partial charge in [-0.25, -0.2) is 9.37 Å². The lowest BCUT2D eigenvalue weighted by Crippen LogP contribution is -2.55. The molecule has 2 bridgehead atoms. The molecular weight excluding hydrogens is 389 g/mol. The van der Waals surface area contributed by atoms with E-state index >= 15 is 4.39 Å². The second-order valence-electron chi connectivity index (χ2n) is 7.64. The van der Waals surface area contributed by atoms with Crippen molar-refractivity contribution in [3.05, 3.63) is 24.4 Å². The largest absolute Gasteiger partial charge is 0.507 e. The van der Waals surface area contributed by atoms with E-state index in [-0.39, 0.29) is 29.5 Å². The normalized spacial score (nSPS) is 27.3. The molecule has 2 aliphatic heterocycles. The predicted octanol–water partition coefficient (Wildman–Crippen LogP) is 1.10. The Kier molecular flexibility index (Phi) is 3.77. The Morgan fingerprint density at radius 3 is 2.87 bits per heavy atom. The lowest BCUT2D eigenvalue weighted by molar-refractivity contribution is 0.176. The number of hydrogen-bond acceptors (Lipinski definition) is 9. The highest BCUT2D eigenvalue weighted by atomic mass is 19.1. The van der Waals surface area contributed by atoms with Crippen LogP contribution in [0.4, 0.5) is 10.2 Å². The smallest absolute Gasteiger partial charge is 0.205 e. The molecule has 2 aliphatic rings. The number of aryl methyl sites for hydroxylation is 1. The van der Waals surface area contributed by atoms with Crippen LogP contribution < -0.4 is 10.2 Å². The van der Waals surface area contributed by atoms with Gasteiger partial charge in [-0.05, 0) is 36.6 Å². The number of aromatic hydroxyl groups is 1. The van der Waals surface area contributed by atoms with Crippen molar-refractivity contribution in [2.45, 2.75) is 43.6 Å². The third kappa shape index (κ3) is 3.24. The first-order valence-electron chi connectivity index (χ1n) is 11.2. The topological polar surface area (TPSA) is 118 Å². The van der Waals surface area contributed by atoms with Crippen LogP contribution >= 0.6 is 0 Å². The van der Waals surface area contributed by atoms with E-state index in [4.69, 9.17) is 4.11 Å². The summed E-state index contributed by atoms with van der Waals surface area (Å²) in [6.07, 6.45) is 1.76. The summed E-state index contributed by atoms with van der Waals surface area (Å²) in [4.78, 5) is 6.53. The van der Waals surface area contributed by atoms with Crippen LogP contribution in [0, 0.1) is 0 Å². The molecule has 4 atom stereocenters. The standard InChI is InChI=1S/C19H22FN9O/c1-28(14-8-11-4-6-13(22-11)17(14)20)16-9-21-19(24-23-16)12-5-3-10(7-15(12)30)18-25-27-29(2)26-18/h3,5,7,9,11,13-14,17,22,30H,4,6,8H2,1-2H3/t11-,13+,14+,17-/m0/s1/i1D3. The number of benzene rings is 1. The molecule has 4 heterocycles. The van der Waals surface area contributed by atoms with Gasteiger partial charge in [0.15, 0.2) is 11.6 Å². The molecule has 156 valence electrons. The highest BCUT2D eigenvalue weighted by Gasteiger charge is 2.43. The molecule has 0 spiro atoms. The minimum Gasteiger partial charge on any atom is -0.507 e. The van der Waals surface area contributed by atoms with Crippen LogP contribution in [0.25, 0.3) is 22.8 Å². The van der Waals surface area contributed by atoms with Crippen LogP contribution in [0.1, 0.15) is 23.4 Å². The van der Waals surface area contributed by atoms with Crippen molar-refractivity contribution in [1.29, 1.82) is 0 Å². The summed E-state index contributed by atoms with van der Waals surface area (Å²) in [5, 5.41) is 33.5.